The predicted octanol–water partition coefficient (Wildman–Crippen LogP) is 2.55. The van der Waals surface area contributed by atoms with Crippen LogP contribution in [-0.2, 0) is 14.3 Å². The van der Waals surface area contributed by atoms with Gasteiger partial charge in [0.15, 0.2) is 0 Å². The van der Waals surface area contributed by atoms with E-state index in [0.717, 1.165) is 6.42 Å². The lowest BCUT2D eigenvalue weighted by atomic mass is 10.2. The number of nitrogens with zero attached hydrogens (tertiary/aromatic N) is 1. The fourth-order valence-corrected chi connectivity index (χ4v) is 2.49. The Kier molecular flexibility index (Phi) is 7.54. The molecular weight excluding hydrogens is 350 g/mol. The number of rotatable bonds is 9. The van der Waals surface area contributed by atoms with E-state index in [1.54, 1.807) is 19.1 Å². The minimum atomic E-state index is -0.335. The van der Waals surface area contributed by atoms with Gasteiger partial charge in [-0.25, -0.2) is 4.98 Å². The molecule has 0 spiro atoms. The number of carbonyl (C=O) groups excluding carboxylic acids is 2. The molecule has 8 heteroatoms. The van der Waals surface area contributed by atoms with Crippen LogP contribution >= 0.6 is 0 Å². The summed E-state index contributed by atoms with van der Waals surface area (Å²) in [6.07, 6.45) is 7.01. The number of amides is 1. The fraction of sp³-hybridized carbons (Fsp3) is 0.368. The van der Waals surface area contributed by atoms with Crippen molar-refractivity contribution in [3.05, 3.63) is 41.0 Å². The van der Waals surface area contributed by atoms with Gasteiger partial charge in [-0.15, -0.1) is 0 Å². The lowest BCUT2D eigenvalue weighted by molar-refractivity contribution is -0.143. The van der Waals surface area contributed by atoms with Crippen molar-refractivity contribution < 1.29 is 19.1 Å². The van der Waals surface area contributed by atoms with Crippen LogP contribution in [0.5, 0.6) is 5.75 Å². The van der Waals surface area contributed by atoms with Gasteiger partial charge >= 0.3 is 5.97 Å². The maximum absolute atomic E-state index is 12.1. The highest BCUT2D eigenvalue weighted by Gasteiger charge is 2.10. The summed E-state index contributed by atoms with van der Waals surface area (Å²) in [5.74, 6) is -0.123. The number of methoxy groups -OCH3 is 1. The van der Waals surface area contributed by atoms with Crippen LogP contribution in [0.4, 0.5) is 5.69 Å². The van der Waals surface area contributed by atoms with Crippen molar-refractivity contribution in [1.29, 1.82) is 0 Å². The first-order valence-electron chi connectivity index (χ1n) is 8.73. The molecule has 2 rings (SSSR count). The Morgan fingerprint density at radius 3 is 2.85 bits per heavy atom. The van der Waals surface area contributed by atoms with E-state index in [4.69, 9.17) is 9.47 Å². The molecule has 0 saturated heterocycles. The summed E-state index contributed by atoms with van der Waals surface area (Å²) in [5.41, 5.74) is 0.571. The number of carbonyl (C=O) groups is 2. The van der Waals surface area contributed by atoms with Gasteiger partial charge in [-0.3, -0.25) is 14.4 Å². The van der Waals surface area contributed by atoms with Crippen LogP contribution in [-0.4, -0.2) is 35.6 Å². The molecule has 1 amide bonds. The van der Waals surface area contributed by atoms with E-state index in [1.165, 1.54) is 25.6 Å². The second-order valence-electron chi connectivity index (χ2n) is 5.74. The van der Waals surface area contributed by atoms with Gasteiger partial charge in [-0.1, -0.05) is 6.08 Å². The molecule has 0 saturated carbocycles. The first-order valence-corrected chi connectivity index (χ1v) is 8.73. The Morgan fingerprint density at radius 2 is 2.11 bits per heavy atom. The molecular formula is C19H23N3O5. The van der Waals surface area contributed by atoms with E-state index in [9.17, 15) is 14.4 Å². The Balaban J connectivity index is 1.92. The molecule has 2 aromatic rings. The number of fused-ring (bicyclic) bond motifs is 1. The van der Waals surface area contributed by atoms with Gasteiger partial charge in [0.2, 0.25) is 5.91 Å². The van der Waals surface area contributed by atoms with Gasteiger partial charge in [0.05, 0.1) is 36.6 Å². The summed E-state index contributed by atoms with van der Waals surface area (Å²) in [5, 5.41) is 3.06. The number of unbranched alkanes of at least 4 members (excludes halogenated alkanes) is 2. The highest BCUT2D eigenvalue weighted by Crippen LogP contribution is 2.27. The highest BCUT2D eigenvalue weighted by atomic mass is 16.5. The van der Waals surface area contributed by atoms with E-state index in [0.29, 0.717) is 48.2 Å². The highest BCUT2D eigenvalue weighted by molar-refractivity contribution is 6.02. The molecule has 0 unspecified atom stereocenters. The van der Waals surface area contributed by atoms with Crippen LogP contribution in [0, 0.1) is 0 Å². The second kappa shape index (κ2) is 10.1. The van der Waals surface area contributed by atoms with Gasteiger partial charge in [-0.2, -0.15) is 0 Å². The van der Waals surface area contributed by atoms with Gasteiger partial charge in [0, 0.05) is 12.5 Å². The smallest absolute Gasteiger partial charge is 0.305 e. The number of benzene rings is 1. The minimum Gasteiger partial charge on any atom is -0.494 e. The molecule has 0 atom stereocenters. The molecule has 0 aliphatic rings. The second-order valence-corrected chi connectivity index (χ2v) is 5.74. The van der Waals surface area contributed by atoms with Gasteiger partial charge in [-0.05, 0) is 38.3 Å². The standard InChI is InChI=1S/C19H23N3O5/c1-3-27-18(24)9-7-5-4-6-8-17(23)22-15-10-13-14(11-16(15)26-2)20-12-21-19(13)25/h6,8,10-12H,3-5,7,9H2,1-2H3,(H,22,23)(H,20,21,25)/b8-6+. The van der Waals surface area contributed by atoms with Crippen LogP contribution in [0.15, 0.2) is 35.4 Å². The molecule has 0 radical (unpaired) electrons. The van der Waals surface area contributed by atoms with Gasteiger partial charge in [0.25, 0.3) is 5.56 Å². The first-order chi connectivity index (χ1) is 13.0. The Hall–Kier alpha value is -3.16. The van der Waals surface area contributed by atoms with Crippen molar-refractivity contribution in [2.75, 3.05) is 19.0 Å². The van der Waals surface area contributed by atoms with Crippen molar-refractivity contribution in [3.63, 3.8) is 0 Å². The van der Waals surface area contributed by atoms with E-state index >= 15 is 0 Å². The summed E-state index contributed by atoms with van der Waals surface area (Å²) < 4.78 is 10.1. The van der Waals surface area contributed by atoms with E-state index in [1.807, 2.05) is 0 Å². The number of ether oxygens (including phenoxy) is 2. The molecule has 0 fully saturated rings. The normalized spacial score (nSPS) is 10.9. The molecule has 0 bridgehead atoms. The molecule has 2 N–H and O–H groups in total. The summed E-state index contributed by atoms with van der Waals surface area (Å²) in [4.78, 5) is 41.8. The number of anilines is 1. The number of hydrogen-bond acceptors (Lipinski definition) is 6. The van der Waals surface area contributed by atoms with Crippen molar-refractivity contribution in [3.8, 4) is 5.75 Å². The largest absolute Gasteiger partial charge is 0.494 e. The topological polar surface area (TPSA) is 110 Å². The number of allylic oxidation sites excluding steroid dienone is 1. The zero-order valence-electron chi connectivity index (χ0n) is 15.4. The number of nitrogens with one attached hydrogen (secondary N) is 2. The van der Waals surface area contributed by atoms with Gasteiger partial charge < -0.3 is 19.8 Å². The third-order valence-electron chi connectivity index (χ3n) is 3.80. The molecule has 1 heterocycles. The summed E-state index contributed by atoms with van der Waals surface area (Å²) in [6, 6.07) is 3.13. The average molecular weight is 373 g/mol. The molecule has 1 aromatic carbocycles. The third-order valence-corrected chi connectivity index (χ3v) is 3.80. The van der Waals surface area contributed by atoms with E-state index in [-0.39, 0.29) is 17.4 Å². The summed E-state index contributed by atoms with van der Waals surface area (Å²) >= 11 is 0. The van der Waals surface area contributed by atoms with Crippen LogP contribution in [0.3, 0.4) is 0 Å². The van der Waals surface area contributed by atoms with Crippen LogP contribution in [0.2, 0.25) is 0 Å². The van der Waals surface area contributed by atoms with Crippen molar-refractivity contribution in [2.45, 2.75) is 32.6 Å². The van der Waals surface area contributed by atoms with Crippen molar-refractivity contribution >= 4 is 28.5 Å². The average Bonchev–Trinajstić information content (AvgIpc) is 2.65. The number of aromatic nitrogens is 2. The summed E-state index contributed by atoms with van der Waals surface area (Å²) in [7, 11) is 1.48. The zero-order chi connectivity index (χ0) is 19.6. The SMILES string of the molecule is CCOC(=O)CCCC/C=C/C(=O)Nc1cc2c(=O)[nH]cnc2cc1OC. The Bertz CT molecular complexity index is 889. The van der Waals surface area contributed by atoms with E-state index in [2.05, 4.69) is 15.3 Å². The number of hydrogen-bond donors (Lipinski definition) is 2. The fourth-order valence-electron chi connectivity index (χ4n) is 2.49. The van der Waals surface area contributed by atoms with Crippen LogP contribution in [0.25, 0.3) is 10.9 Å². The number of aromatic amines is 1. The quantitative estimate of drug-likeness (QED) is 0.397. The Labute approximate surface area is 156 Å². The molecule has 0 aliphatic heterocycles. The van der Waals surface area contributed by atoms with Crippen LogP contribution in [0.1, 0.15) is 32.6 Å². The Morgan fingerprint density at radius 1 is 1.30 bits per heavy atom. The first kappa shape index (κ1) is 20.2. The monoisotopic (exact) mass is 373 g/mol. The molecule has 144 valence electrons. The van der Waals surface area contributed by atoms with Gasteiger partial charge in [0.1, 0.15) is 5.75 Å². The summed E-state index contributed by atoms with van der Waals surface area (Å²) in [6.45, 7) is 2.16. The third kappa shape index (κ3) is 5.95. The lowest BCUT2D eigenvalue weighted by Gasteiger charge is -2.10. The number of H-pyrrole nitrogens is 1. The van der Waals surface area contributed by atoms with Crippen molar-refractivity contribution in [2.24, 2.45) is 0 Å². The molecule has 1 aromatic heterocycles. The maximum atomic E-state index is 12.1. The zero-order valence-corrected chi connectivity index (χ0v) is 15.4. The van der Waals surface area contributed by atoms with E-state index < -0.39 is 0 Å². The maximum Gasteiger partial charge on any atom is 0.305 e. The van der Waals surface area contributed by atoms with Crippen molar-refractivity contribution in [1.82, 2.24) is 9.97 Å². The minimum absolute atomic E-state index is 0.202. The lowest BCUT2D eigenvalue weighted by Crippen LogP contribution is -2.11. The molecule has 0 aliphatic carbocycles. The number of esters is 1. The van der Waals surface area contributed by atoms with Crippen LogP contribution < -0.4 is 15.6 Å². The molecule has 8 nitrogen and oxygen atoms in total. The molecule has 27 heavy (non-hydrogen) atoms. The predicted molar refractivity (Wildman–Crippen MR) is 102 cm³/mol.